The number of amidine groups is 1. The third-order valence-corrected chi connectivity index (χ3v) is 5.39. The normalized spacial score (nSPS) is 25.3. The third kappa shape index (κ3) is 3.43. The number of benzene rings is 1. The lowest BCUT2D eigenvalue weighted by Crippen LogP contribution is -2.48. The van der Waals surface area contributed by atoms with Crippen LogP contribution in [0, 0.1) is 11.7 Å². The number of hydrogen-bond acceptors (Lipinski definition) is 4. The van der Waals surface area contributed by atoms with Gasteiger partial charge in [-0.15, -0.1) is 0 Å². The van der Waals surface area contributed by atoms with Crippen LogP contribution in [0.1, 0.15) is 20.8 Å². The molecule has 6 heteroatoms. The fourth-order valence-corrected chi connectivity index (χ4v) is 3.94. The average molecular weight is 322 g/mol. The molecule has 1 aliphatic rings. The maximum absolute atomic E-state index is 13.4. The van der Waals surface area contributed by atoms with Crippen molar-refractivity contribution < 1.29 is 4.39 Å². The zero-order chi connectivity index (χ0) is 16.3. The molecule has 4 nitrogen and oxygen atoms in total. The zero-order valence-corrected chi connectivity index (χ0v) is 14.3. The summed E-state index contributed by atoms with van der Waals surface area (Å²) < 4.78 is 13.4. The highest BCUT2D eigenvalue weighted by atomic mass is 32.2. The fourth-order valence-electron chi connectivity index (χ4n) is 2.52. The van der Waals surface area contributed by atoms with E-state index in [-0.39, 0.29) is 22.6 Å². The molecule has 0 saturated carbocycles. The number of likely N-dealkylation sites (N-methyl/N-ethyl adjacent to an activating group) is 1. The molecule has 2 rings (SSSR count). The monoisotopic (exact) mass is 322 g/mol. The quantitative estimate of drug-likeness (QED) is 0.670. The summed E-state index contributed by atoms with van der Waals surface area (Å²) >= 11 is 1.61. The molecule has 1 heterocycles. The molecule has 2 atom stereocenters. The number of nitrogens with zero attached hydrogens (tertiary/aromatic N) is 3. The first-order valence-corrected chi connectivity index (χ1v) is 8.19. The van der Waals surface area contributed by atoms with Crippen molar-refractivity contribution in [3.05, 3.63) is 30.1 Å². The number of hydrogen-bond donors (Lipinski definition) is 1. The molecule has 1 aromatic rings. The molecule has 0 amide bonds. The average Bonchev–Trinajstić information content (AvgIpc) is 2.75. The van der Waals surface area contributed by atoms with Gasteiger partial charge in [-0.3, -0.25) is 9.98 Å². The lowest BCUT2D eigenvalue weighted by atomic mass is 9.87. The van der Waals surface area contributed by atoms with Gasteiger partial charge in [0.05, 0.1) is 18.7 Å². The lowest BCUT2D eigenvalue weighted by molar-refractivity contribution is 0.271. The Morgan fingerprint density at radius 2 is 2.27 bits per heavy atom. The summed E-state index contributed by atoms with van der Waals surface area (Å²) in [4.78, 5) is 12.1. The van der Waals surface area contributed by atoms with Crippen LogP contribution in [0.4, 0.5) is 4.39 Å². The molecule has 22 heavy (non-hydrogen) atoms. The molecule has 0 bridgehead atoms. The highest BCUT2D eigenvalue weighted by Gasteiger charge is 2.47. The Kier molecular flexibility index (Phi) is 5.11. The van der Waals surface area contributed by atoms with Gasteiger partial charge in [0.25, 0.3) is 0 Å². The van der Waals surface area contributed by atoms with Crippen molar-refractivity contribution in [1.29, 1.82) is 0 Å². The summed E-state index contributed by atoms with van der Waals surface area (Å²) in [5, 5.41) is 0.0531. The fraction of sp³-hybridized carbons (Fsp3) is 0.500. The van der Waals surface area contributed by atoms with E-state index < -0.39 is 0 Å². The first kappa shape index (κ1) is 16.8. The number of nitrogens with two attached hydrogens (primary N) is 1. The van der Waals surface area contributed by atoms with Gasteiger partial charge in [0.2, 0.25) is 0 Å². The number of aliphatic imine (C=N–C) groups is 2. The Labute approximate surface area is 135 Å². The van der Waals surface area contributed by atoms with Gasteiger partial charge in [-0.2, -0.15) is 0 Å². The Morgan fingerprint density at radius 3 is 2.86 bits per heavy atom. The molecule has 0 saturated heterocycles. The summed E-state index contributed by atoms with van der Waals surface area (Å²) in [5.41, 5.74) is 5.34. The van der Waals surface area contributed by atoms with Crippen LogP contribution in [0.15, 0.2) is 39.1 Å². The first-order valence-electron chi connectivity index (χ1n) is 7.31. The van der Waals surface area contributed by atoms with Gasteiger partial charge in [0.15, 0.2) is 0 Å². The summed E-state index contributed by atoms with van der Waals surface area (Å²) in [6.07, 6.45) is 1.85. The molecule has 2 N–H and O–H groups in total. The molecule has 0 radical (unpaired) electrons. The minimum Gasteiger partial charge on any atom is -0.388 e. The van der Waals surface area contributed by atoms with Crippen LogP contribution in [0.5, 0.6) is 0 Å². The number of halogens is 1. The van der Waals surface area contributed by atoms with E-state index >= 15 is 0 Å². The van der Waals surface area contributed by atoms with Gasteiger partial charge < -0.3 is 10.6 Å². The predicted molar refractivity (Wildman–Crippen MR) is 92.0 cm³/mol. The van der Waals surface area contributed by atoms with Crippen LogP contribution in [0.3, 0.4) is 0 Å². The van der Waals surface area contributed by atoms with Crippen LogP contribution in [-0.2, 0) is 0 Å². The highest BCUT2D eigenvalue weighted by molar-refractivity contribution is 8.00. The van der Waals surface area contributed by atoms with Gasteiger partial charge in [-0.05, 0) is 31.0 Å². The molecular weight excluding hydrogens is 299 g/mol. The third-order valence-electron chi connectivity index (χ3n) is 3.90. The van der Waals surface area contributed by atoms with Gasteiger partial charge in [0.1, 0.15) is 16.7 Å². The first-order chi connectivity index (χ1) is 10.3. The van der Waals surface area contributed by atoms with Gasteiger partial charge in [-0.1, -0.05) is 31.7 Å². The maximum atomic E-state index is 13.4. The van der Waals surface area contributed by atoms with E-state index in [0.29, 0.717) is 12.4 Å². The Morgan fingerprint density at radius 1 is 1.55 bits per heavy atom. The Balaban J connectivity index is 2.31. The van der Waals surface area contributed by atoms with Crippen LogP contribution < -0.4 is 5.73 Å². The molecule has 0 aromatic heterocycles. The van der Waals surface area contributed by atoms with E-state index in [1.54, 1.807) is 30.8 Å². The van der Waals surface area contributed by atoms with Crippen molar-refractivity contribution in [1.82, 2.24) is 4.90 Å². The van der Waals surface area contributed by atoms with E-state index in [0.717, 1.165) is 4.90 Å². The van der Waals surface area contributed by atoms with Crippen LogP contribution >= 0.6 is 11.8 Å². The maximum Gasteiger partial charge on any atom is 0.124 e. The topological polar surface area (TPSA) is 54.0 Å². The molecule has 0 aliphatic carbocycles. The van der Waals surface area contributed by atoms with Crippen molar-refractivity contribution >= 4 is 23.9 Å². The van der Waals surface area contributed by atoms with Crippen LogP contribution in [-0.4, -0.2) is 41.6 Å². The SMILES string of the molecule is CC(N)=NCC1(C(C)C)N=CN(C)C1Sc1cccc(F)c1. The largest absolute Gasteiger partial charge is 0.388 e. The van der Waals surface area contributed by atoms with E-state index in [1.807, 2.05) is 19.5 Å². The highest BCUT2D eigenvalue weighted by Crippen LogP contribution is 2.42. The standard InChI is InChI=1S/C16H23FN4S/c1-11(2)16(9-19-12(3)18)15(21(4)10-20-16)22-14-7-5-6-13(17)8-14/h5-8,10-11,15H,9H2,1-4H3,(H2,18,19). The van der Waals surface area contributed by atoms with Gasteiger partial charge in [0, 0.05) is 11.9 Å². The summed E-state index contributed by atoms with van der Waals surface area (Å²) in [6.45, 7) is 6.58. The Hall–Kier alpha value is -1.56. The number of rotatable bonds is 5. The second kappa shape index (κ2) is 6.69. The van der Waals surface area contributed by atoms with E-state index in [1.165, 1.54) is 6.07 Å². The predicted octanol–water partition coefficient (Wildman–Crippen LogP) is 2.99. The molecule has 120 valence electrons. The zero-order valence-electron chi connectivity index (χ0n) is 13.5. The number of thioether (sulfide) groups is 1. The molecule has 1 aromatic carbocycles. The van der Waals surface area contributed by atoms with Crippen LogP contribution in [0.2, 0.25) is 0 Å². The molecule has 2 unspecified atom stereocenters. The molecule has 0 fully saturated rings. The minimum atomic E-state index is -0.369. The van der Waals surface area contributed by atoms with Crippen molar-refractivity contribution in [3.63, 3.8) is 0 Å². The van der Waals surface area contributed by atoms with E-state index in [4.69, 9.17) is 10.7 Å². The summed E-state index contributed by atoms with van der Waals surface area (Å²) in [6, 6.07) is 6.66. The van der Waals surface area contributed by atoms with Crippen LogP contribution in [0.25, 0.3) is 0 Å². The smallest absolute Gasteiger partial charge is 0.124 e. The van der Waals surface area contributed by atoms with Crippen molar-refractivity contribution in [2.24, 2.45) is 21.6 Å². The van der Waals surface area contributed by atoms with Crippen molar-refractivity contribution in [2.45, 2.75) is 36.6 Å². The Bertz CT molecular complexity index is 583. The summed E-state index contributed by atoms with van der Waals surface area (Å²) in [7, 11) is 1.99. The molecule has 1 aliphatic heterocycles. The van der Waals surface area contributed by atoms with E-state index in [2.05, 4.69) is 23.7 Å². The molecular formula is C16H23FN4S. The second-order valence-corrected chi connectivity index (χ2v) is 7.09. The molecule has 0 spiro atoms. The van der Waals surface area contributed by atoms with Crippen molar-refractivity contribution in [3.8, 4) is 0 Å². The lowest BCUT2D eigenvalue weighted by Gasteiger charge is -2.37. The minimum absolute atomic E-state index is 0.0531. The van der Waals surface area contributed by atoms with Gasteiger partial charge in [-0.25, -0.2) is 4.39 Å². The van der Waals surface area contributed by atoms with E-state index in [9.17, 15) is 4.39 Å². The van der Waals surface area contributed by atoms with Crippen molar-refractivity contribution in [2.75, 3.05) is 13.6 Å². The second-order valence-electron chi connectivity index (χ2n) is 5.94. The van der Waals surface area contributed by atoms with Gasteiger partial charge >= 0.3 is 0 Å². The summed E-state index contributed by atoms with van der Waals surface area (Å²) in [5.74, 6) is 0.611.